The Balaban J connectivity index is 0.00000588. The van der Waals surface area contributed by atoms with Gasteiger partial charge in [0, 0.05) is 47.9 Å². The van der Waals surface area contributed by atoms with E-state index in [1.54, 1.807) is 47.2 Å². The number of halogens is 1. The maximum atomic E-state index is 13.1. The summed E-state index contributed by atoms with van der Waals surface area (Å²) >= 11 is 6.10. The highest BCUT2D eigenvalue weighted by molar-refractivity contribution is 6.31. The highest BCUT2D eigenvalue weighted by Crippen LogP contribution is 2.23. The molecule has 1 atom stereocenters. The second kappa shape index (κ2) is 15.7. The third kappa shape index (κ3) is 8.72. The number of nitrogens with one attached hydrogen (secondary N) is 1. The van der Waals surface area contributed by atoms with Crippen LogP contribution in [0.2, 0.25) is 0 Å². The number of piperazine rings is 1. The van der Waals surface area contributed by atoms with Crippen molar-refractivity contribution < 1.29 is 14.3 Å². The van der Waals surface area contributed by atoms with Gasteiger partial charge in [0.1, 0.15) is 6.61 Å². The first-order valence-corrected chi connectivity index (χ1v) is 13.5. The van der Waals surface area contributed by atoms with Gasteiger partial charge in [0.25, 0.3) is 5.91 Å². The highest BCUT2D eigenvalue weighted by atomic mass is 35.5. The molecular weight excluding hydrogens is 538 g/mol. The minimum absolute atomic E-state index is 0. The number of aryl methyl sites for hydroxylation is 1. The van der Waals surface area contributed by atoms with Gasteiger partial charge in [-0.15, -0.1) is 0 Å². The van der Waals surface area contributed by atoms with Gasteiger partial charge in [0.05, 0.1) is 42.6 Å². The van der Waals surface area contributed by atoms with E-state index in [-0.39, 0.29) is 25.9 Å². The van der Waals surface area contributed by atoms with Gasteiger partial charge in [-0.2, -0.15) is 5.10 Å². The van der Waals surface area contributed by atoms with Crippen LogP contribution in [0.3, 0.4) is 0 Å². The maximum Gasteiger partial charge on any atom is 0.254 e. The number of amides is 1. The topological polar surface area (TPSA) is 81.0 Å². The molecule has 1 saturated heterocycles. The molecule has 1 aliphatic rings. The summed E-state index contributed by atoms with van der Waals surface area (Å²) in [6.07, 6.45) is 7.80. The van der Waals surface area contributed by atoms with E-state index in [2.05, 4.69) is 49.0 Å². The number of ether oxygens (including phenoxy) is 2. The van der Waals surface area contributed by atoms with E-state index in [0.29, 0.717) is 53.0 Å². The van der Waals surface area contributed by atoms with Crippen molar-refractivity contribution in [3.05, 3.63) is 107 Å². The Morgan fingerprint density at radius 1 is 1.32 bits per heavy atom. The highest BCUT2D eigenvalue weighted by Gasteiger charge is 2.21. The second-order valence-electron chi connectivity index (χ2n) is 9.46. The summed E-state index contributed by atoms with van der Waals surface area (Å²) in [6, 6.07) is 7.28. The van der Waals surface area contributed by atoms with Crippen LogP contribution in [0.15, 0.2) is 89.9 Å². The lowest BCUT2D eigenvalue weighted by Crippen LogP contribution is -2.44. The largest absolute Gasteiger partial charge is 0.491 e. The van der Waals surface area contributed by atoms with Gasteiger partial charge in [-0.3, -0.25) is 9.48 Å². The van der Waals surface area contributed by atoms with Crippen molar-refractivity contribution in [3.63, 3.8) is 0 Å². The van der Waals surface area contributed by atoms with E-state index in [4.69, 9.17) is 21.1 Å². The maximum absolute atomic E-state index is 13.1. The van der Waals surface area contributed by atoms with Gasteiger partial charge in [0.15, 0.2) is 0 Å². The van der Waals surface area contributed by atoms with Crippen LogP contribution in [-0.4, -0.2) is 53.2 Å². The predicted molar refractivity (Wildman–Crippen MR) is 168 cm³/mol. The number of carbonyl (C=O) groups is 1. The lowest BCUT2D eigenvalue weighted by molar-refractivity contribution is 0.0754. The van der Waals surface area contributed by atoms with Crippen LogP contribution in [0.1, 0.15) is 54.9 Å². The Morgan fingerprint density at radius 2 is 2.05 bits per heavy atom. The van der Waals surface area contributed by atoms with Crippen LogP contribution >= 0.6 is 11.6 Å². The fourth-order valence-corrected chi connectivity index (χ4v) is 4.14. The standard InChI is InChI=1S/C31H38ClN5O3.CH4/c1-8-21(3)29(14-13-26(32)9-2)40-20-28-27(18-34-36(28)6)30(39-7)35-23(5)24-11-10-12-25(17-24)31(38)37-16-15-33-22(4)19-37;/h9-14,17-18,21,33H,2,4-5,8,15-16,19-20H2,1,3,6-7H3;1H4/b26-13+,29-14+,35-30?;. The minimum atomic E-state index is -0.0608. The van der Waals surface area contributed by atoms with E-state index in [1.165, 1.54) is 0 Å². The van der Waals surface area contributed by atoms with Crippen molar-refractivity contribution in [1.82, 2.24) is 20.0 Å². The number of aromatic nitrogens is 2. The summed E-state index contributed by atoms with van der Waals surface area (Å²) in [5.74, 6) is 1.26. The fourth-order valence-electron chi connectivity index (χ4n) is 4.07. The third-order valence-electron chi connectivity index (χ3n) is 6.67. The molecule has 220 valence electrons. The molecule has 1 aromatic heterocycles. The van der Waals surface area contributed by atoms with Gasteiger partial charge in [0.2, 0.25) is 5.90 Å². The molecule has 0 radical (unpaired) electrons. The summed E-state index contributed by atoms with van der Waals surface area (Å²) in [5, 5.41) is 8.11. The zero-order valence-electron chi connectivity index (χ0n) is 23.7. The van der Waals surface area contributed by atoms with Gasteiger partial charge in [-0.25, -0.2) is 4.99 Å². The number of hydrogen-bond donors (Lipinski definition) is 1. The molecule has 9 heteroatoms. The second-order valence-corrected chi connectivity index (χ2v) is 9.89. The summed E-state index contributed by atoms with van der Waals surface area (Å²) in [4.78, 5) is 19.5. The van der Waals surface area contributed by atoms with E-state index >= 15 is 0 Å². The van der Waals surface area contributed by atoms with Crippen molar-refractivity contribution in [2.45, 2.75) is 34.3 Å². The molecule has 3 rings (SSSR count). The first kappa shape index (κ1) is 33.2. The lowest BCUT2D eigenvalue weighted by atomic mass is 10.1. The summed E-state index contributed by atoms with van der Waals surface area (Å²) in [6.45, 7) is 18.0. The minimum Gasteiger partial charge on any atom is -0.491 e. The number of carbonyl (C=O) groups excluding carboxylic acids is 1. The molecule has 0 aliphatic carbocycles. The average Bonchev–Trinajstić information content (AvgIpc) is 3.34. The molecule has 1 N–H and O–H groups in total. The first-order chi connectivity index (χ1) is 19.2. The zero-order chi connectivity index (χ0) is 29.2. The quantitative estimate of drug-likeness (QED) is 0.143. The van der Waals surface area contributed by atoms with E-state index in [9.17, 15) is 4.79 Å². The van der Waals surface area contributed by atoms with Crippen LogP contribution in [-0.2, 0) is 23.1 Å². The molecule has 1 unspecified atom stereocenters. The normalized spacial score (nSPS) is 15.0. The molecule has 0 spiro atoms. The van der Waals surface area contributed by atoms with E-state index in [1.807, 2.05) is 25.3 Å². The Hall–Kier alpha value is -4.04. The lowest BCUT2D eigenvalue weighted by Gasteiger charge is -2.29. The predicted octanol–water partition coefficient (Wildman–Crippen LogP) is 6.43. The number of hydrogen-bond acceptors (Lipinski definition) is 6. The summed E-state index contributed by atoms with van der Waals surface area (Å²) in [7, 11) is 3.39. The Kier molecular flexibility index (Phi) is 12.7. The smallest absolute Gasteiger partial charge is 0.254 e. The fraction of sp³-hybridized carbons (Fsp3) is 0.344. The summed E-state index contributed by atoms with van der Waals surface area (Å²) in [5.41, 5.74) is 4.02. The molecule has 2 aromatic rings. The SMILES string of the molecule is C.C=C/C(Cl)=C\C=C(\OCc1c(C(=NC(=C)c2cccc(C(=O)N3CCNC(=C)C3)c2)OC)cnn1C)C(C)CC. The molecule has 8 nitrogen and oxygen atoms in total. The van der Waals surface area contributed by atoms with Crippen LogP contribution in [0.5, 0.6) is 0 Å². The number of rotatable bonds is 11. The van der Waals surface area contributed by atoms with Crippen molar-refractivity contribution >= 4 is 29.1 Å². The number of aliphatic imine (C=N–C) groups is 1. The van der Waals surface area contributed by atoms with Crippen LogP contribution in [0, 0.1) is 5.92 Å². The molecule has 41 heavy (non-hydrogen) atoms. The third-order valence-corrected chi connectivity index (χ3v) is 6.95. The molecule has 2 heterocycles. The Morgan fingerprint density at radius 3 is 2.71 bits per heavy atom. The Labute approximate surface area is 249 Å². The van der Waals surface area contributed by atoms with Gasteiger partial charge in [-0.05, 0) is 30.7 Å². The monoisotopic (exact) mass is 579 g/mol. The van der Waals surface area contributed by atoms with Crippen LogP contribution in [0.25, 0.3) is 5.70 Å². The van der Waals surface area contributed by atoms with Gasteiger partial charge >= 0.3 is 0 Å². The molecule has 1 fully saturated rings. The van der Waals surface area contributed by atoms with Crippen LogP contribution < -0.4 is 5.32 Å². The number of methoxy groups -OCH3 is 1. The van der Waals surface area contributed by atoms with E-state index < -0.39 is 0 Å². The number of benzene rings is 1. The van der Waals surface area contributed by atoms with Crippen LogP contribution in [0.4, 0.5) is 0 Å². The number of nitrogens with zero attached hydrogens (tertiary/aromatic N) is 4. The van der Waals surface area contributed by atoms with Gasteiger partial charge in [-0.1, -0.05) is 70.8 Å². The Bertz CT molecular complexity index is 1350. The summed E-state index contributed by atoms with van der Waals surface area (Å²) < 4.78 is 13.6. The van der Waals surface area contributed by atoms with Crippen molar-refractivity contribution in [3.8, 4) is 0 Å². The van der Waals surface area contributed by atoms with E-state index in [0.717, 1.165) is 23.6 Å². The van der Waals surface area contributed by atoms with Crippen molar-refractivity contribution in [2.24, 2.45) is 18.0 Å². The molecule has 0 saturated carbocycles. The zero-order valence-corrected chi connectivity index (χ0v) is 24.5. The molecule has 0 bridgehead atoms. The first-order valence-electron chi connectivity index (χ1n) is 13.1. The van der Waals surface area contributed by atoms with Crippen molar-refractivity contribution in [1.29, 1.82) is 0 Å². The molecule has 1 amide bonds. The average molecular weight is 580 g/mol. The van der Waals surface area contributed by atoms with Crippen molar-refractivity contribution in [2.75, 3.05) is 26.7 Å². The van der Waals surface area contributed by atoms with Gasteiger partial charge < -0.3 is 19.7 Å². The molecule has 1 aromatic carbocycles. The molecule has 1 aliphatic heterocycles. The number of allylic oxidation sites excluding steroid dienone is 5. The molecular formula is C32H42ClN5O3.